The second kappa shape index (κ2) is 7.20. The molecule has 2 aromatic carbocycles. The molecule has 0 aliphatic carbocycles. The molecule has 0 fully saturated rings. The van der Waals surface area contributed by atoms with E-state index in [4.69, 9.17) is 9.26 Å². The van der Waals surface area contributed by atoms with Crippen LogP contribution in [0.1, 0.15) is 21.9 Å². The molecule has 0 aliphatic rings. The molecule has 0 aliphatic heterocycles. The van der Waals surface area contributed by atoms with Gasteiger partial charge in [-0.3, -0.25) is 0 Å². The Bertz CT molecular complexity index is 1050. The summed E-state index contributed by atoms with van der Waals surface area (Å²) in [4.78, 5) is 16.4. The van der Waals surface area contributed by atoms with E-state index < -0.39 is 5.97 Å². The first-order valence-corrected chi connectivity index (χ1v) is 8.24. The summed E-state index contributed by atoms with van der Waals surface area (Å²) in [5, 5.41) is 11.7. The first-order chi connectivity index (χ1) is 13.2. The molecule has 4 aromatic rings. The van der Waals surface area contributed by atoms with Gasteiger partial charge in [0.05, 0.1) is 12.7 Å². The van der Waals surface area contributed by atoms with Crippen molar-refractivity contribution in [3.63, 3.8) is 0 Å². The van der Waals surface area contributed by atoms with E-state index in [1.165, 1.54) is 0 Å². The van der Waals surface area contributed by atoms with Gasteiger partial charge in [-0.1, -0.05) is 40.7 Å². The van der Waals surface area contributed by atoms with E-state index in [0.29, 0.717) is 24.0 Å². The Kier molecular flexibility index (Phi) is 4.44. The van der Waals surface area contributed by atoms with E-state index in [-0.39, 0.29) is 5.69 Å². The van der Waals surface area contributed by atoms with Crippen LogP contribution in [0.4, 0.5) is 0 Å². The van der Waals surface area contributed by atoms with Gasteiger partial charge in [-0.25, -0.2) is 9.48 Å². The third kappa shape index (κ3) is 3.90. The monoisotopic (exact) mass is 361 g/mol. The summed E-state index contributed by atoms with van der Waals surface area (Å²) < 4.78 is 11.9. The number of ether oxygens (including phenoxy) is 1. The molecule has 0 atom stereocenters. The van der Waals surface area contributed by atoms with Gasteiger partial charge in [0.1, 0.15) is 5.75 Å². The molecule has 0 N–H and O–H groups in total. The third-order valence-corrected chi connectivity index (χ3v) is 3.79. The Labute approximate surface area is 154 Å². The van der Waals surface area contributed by atoms with Crippen LogP contribution >= 0.6 is 0 Å². The van der Waals surface area contributed by atoms with Crippen LogP contribution < -0.4 is 4.74 Å². The van der Waals surface area contributed by atoms with Crippen LogP contribution in [0.3, 0.4) is 0 Å². The van der Waals surface area contributed by atoms with E-state index in [1.807, 2.05) is 30.3 Å². The smallest absolute Gasteiger partial charge is 0.365 e. The largest absolute Gasteiger partial charge is 0.422 e. The van der Waals surface area contributed by atoms with Crippen molar-refractivity contribution in [2.24, 2.45) is 0 Å². The molecule has 0 unspecified atom stereocenters. The summed E-state index contributed by atoms with van der Waals surface area (Å²) in [5.41, 5.74) is 1.97. The third-order valence-electron chi connectivity index (χ3n) is 3.79. The molecule has 2 aromatic heterocycles. The molecule has 4 rings (SSSR count). The van der Waals surface area contributed by atoms with Crippen LogP contribution in [0.5, 0.6) is 5.75 Å². The molecule has 8 nitrogen and oxygen atoms in total. The van der Waals surface area contributed by atoms with Crippen molar-refractivity contribution in [1.29, 1.82) is 0 Å². The molecule has 0 saturated carbocycles. The number of aryl methyl sites for hydroxylation is 1. The first kappa shape index (κ1) is 16.6. The van der Waals surface area contributed by atoms with Crippen molar-refractivity contribution in [2.75, 3.05) is 0 Å². The molecule has 8 heteroatoms. The fourth-order valence-electron chi connectivity index (χ4n) is 2.49. The molecule has 0 bridgehead atoms. The van der Waals surface area contributed by atoms with Gasteiger partial charge in [0.25, 0.3) is 0 Å². The average Bonchev–Trinajstić information content (AvgIpc) is 3.32. The second-order valence-corrected chi connectivity index (χ2v) is 5.84. The van der Waals surface area contributed by atoms with Crippen LogP contribution in [0.25, 0.3) is 11.4 Å². The lowest BCUT2D eigenvalue weighted by molar-refractivity contribution is 0.0728. The van der Waals surface area contributed by atoms with Crippen LogP contribution in [0.15, 0.2) is 65.3 Å². The zero-order valence-electron chi connectivity index (χ0n) is 14.4. The number of aromatic nitrogens is 5. The lowest BCUT2D eigenvalue weighted by Crippen LogP contribution is -2.09. The van der Waals surface area contributed by atoms with Crippen LogP contribution in [0.2, 0.25) is 0 Å². The maximum atomic E-state index is 12.3. The Morgan fingerprint density at radius 3 is 2.59 bits per heavy atom. The maximum Gasteiger partial charge on any atom is 0.365 e. The zero-order chi connectivity index (χ0) is 18.6. The summed E-state index contributed by atoms with van der Waals surface area (Å²) in [6.45, 7) is 2.25. The molecular weight excluding hydrogens is 346 g/mol. The molecule has 0 amide bonds. The van der Waals surface area contributed by atoms with Crippen molar-refractivity contribution in [3.8, 4) is 17.1 Å². The fourth-order valence-corrected chi connectivity index (χ4v) is 2.49. The standard InChI is InChI=1S/C19H15N5O3/c1-13-20-18(22-27-13)15-7-9-16(10-8-15)26-19(25)17-12-24(23-21-17)11-14-5-3-2-4-6-14/h2-10,12H,11H2,1H3. The fraction of sp³-hybridized carbons (Fsp3) is 0.105. The highest BCUT2D eigenvalue weighted by Gasteiger charge is 2.14. The predicted octanol–water partition coefficient (Wildman–Crippen LogP) is 2.90. The molecular formula is C19H15N5O3. The number of carbonyl (C=O) groups is 1. The van der Waals surface area contributed by atoms with Gasteiger partial charge in [-0.2, -0.15) is 4.98 Å². The van der Waals surface area contributed by atoms with Gasteiger partial charge in [0.2, 0.25) is 11.7 Å². The normalized spacial score (nSPS) is 10.7. The molecule has 0 radical (unpaired) electrons. The summed E-state index contributed by atoms with van der Waals surface area (Å²) in [6.07, 6.45) is 1.56. The quantitative estimate of drug-likeness (QED) is 0.398. The van der Waals surface area contributed by atoms with Crippen molar-refractivity contribution >= 4 is 5.97 Å². The van der Waals surface area contributed by atoms with Crippen LogP contribution in [-0.4, -0.2) is 31.1 Å². The summed E-state index contributed by atoms with van der Waals surface area (Å²) in [5.74, 6) is 0.785. The number of nitrogens with zero attached hydrogens (tertiary/aromatic N) is 5. The van der Waals surface area contributed by atoms with Gasteiger partial charge in [0, 0.05) is 12.5 Å². The van der Waals surface area contributed by atoms with Gasteiger partial charge < -0.3 is 9.26 Å². The number of esters is 1. The van der Waals surface area contributed by atoms with E-state index in [9.17, 15) is 4.79 Å². The van der Waals surface area contributed by atoms with Crippen molar-refractivity contribution in [1.82, 2.24) is 25.1 Å². The first-order valence-electron chi connectivity index (χ1n) is 8.24. The van der Waals surface area contributed by atoms with Crippen molar-refractivity contribution in [3.05, 3.63) is 77.9 Å². The maximum absolute atomic E-state index is 12.3. The Morgan fingerprint density at radius 1 is 1.11 bits per heavy atom. The highest BCUT2D eigenvalue weighted by atomic mass is 16.5. The predicted molar refractivity (Wildman–Crippen MR) is 95.0 cm³/mol. The minimum atomic E-state index is -0.572. The van der Waals surface area contributed by atoms with Gasteiger partial charge in [-0.05, 0) is 29.8 Å². The van der Waals surface area contributed by atoms with E-state index in [0.717, 1.165) is 11.1 Å². The van der Waals surface area contributed by atoms with Gasteiger partial charge >= 0.3 is 5.97 Å². The van der Waals surface area contributed by atoms with E-state index in [1.54, 1.807) is 42.1 Å². The number of carbonyl (C=O) groups excluding carboxylic acids is 1. The molecule has 134 valence electrons. The summed E-state index contributed by atoms with van der Waals surface area (Å²) >= 11 is 0. The lowest BCUT2D eigenvalue weighted by Gasteiger charge is -2.02. The lowest BCUT2D eigenvalue weighted by atomic mass is 10.2. The average molecular weight is 361 g/mol. The Balaban J connectivity index is 1.42. The second-order valence-electron chi connectivity index (χ2n) is 5.84. The highest BCUT2D eigenvalue weighted by molar-refractivity contribution is 5.88. The summed E-state index contributed by atoms with van der Waals surface area (Å²) in [6, 6.07) is 16.6. The van der Waals surface area contributed by atoms with Gasteiger partial charge in [0.15, 0.2) is 5.69 Å². The SMILES string of the molecule is Cc1nc(-c2ccc(OC(=O)c3cn(Cc4ccccc4)nn3)cc2)no1. The van der Waals surface area contributed by atoms with Gasteiger partial charge in [-0.15, -0.1) is 5.10 Å². The number of hydrogen-bond acceptors (Lipinski definition) is 7. The molecule has 0 saturated heterocycles. The summed E-state index contributed by atoms with van der Waals surface area (Å²) in [7, 11) is 0. The molecule has 27 heavy (non-hydrogen) atoms. The van der Waals surface area contributed by atoms with E-state index in [2.05, 4.69) is 20.5 Å². The molecule has 2 heterocycles. The van der Waals surface area contributed by atoms with Crippen molar-refractivity contribution < 1.29 is 14.1 Å². The number of hydrogen-bond donors (Lipinski definition) is 0. The minimum absolute atomic E-state index is 0.142. The van der Waals surface area contributed by atoms with Crippen molar-refractivity contribution in [2.45, 2.75) is 13.5 Å². The number of benzene rings is 2. The minimum Gasteiger partial charge on any atom is -0.422 e. The van der Waals surface area contributed by atoms with E-state index >= 15 is 0 Å². The van der Waals surface area contributed by atoms with Crippen LogP contribution in [-0.2, 0) is 6.54 Å². The van der Waals surface area contributed by atoms with Crippen LogP contribution in [0, 0.1) is 6.92 Å². The zero-order valence-corrected chi connectivity index (χ0v) is 14.4. The Hall–Kier alpha value is -3.81. The topological polar surface area (TPSA) is 95.9 Å². The number of rotatable bonds is 5. The highest BCUT2D eigenvalue weighted by Crippen LogP contribution is 2.20. The Morgan fingerprint density at radius 2 is 1.89 bits per heavy atom. The molecule has 0 spiro atoms.